The van der Waals surface area contributed by atoms with Gasteiger partial charge in [-0.25, -0.2) is 0 Å². The summed E-state index contributed by atoms with van der Waals surface area (Å²) in [5, 5.41) is 0.740. The van der Waals surface area contributed by atoms with Crippen molar-refractivity contribution in [3.63, 3.8) is 0 Å². The zero-order chi connectivity index (χ0) is 10.1. The van der Waals surface area contributed by atoms with Crippen molar-refractivity contribution in [1.29, 1.82) is 0 Å². The molecule has 2 aromatic rings. The third-order valence-corrected chi connectivity index (χ3v) is 2.94. The molecule has 1 N–H and O–H groups in total. The van der Waals surface area contributed by atoms with Crippen LogP contribution >= 0.6 is 27.5 Å². The Morgan fingerprint density at radius 1 is 1.29 bits per heavy atom. The standard InChI is InChI=1S/C11H9BrClN/c1-7-4-11(14-6-7)9-3-2-8(13)5-10(9)12/h2-6,14H,1H3. The van der Waals surface area contributed by atoms with Gasteiger partial charge < -0.3 is 4.98 Å². The zero-order valence-electron chi connectivity index (χ0n) is 7.64. The van der Waals surface area contributed by atoms with Crippen LogP contribution in [-0.2, 0) is 0 Å². The van der Waals surface area contributed by atoms with Crippen LogP contribution in [0, 0.1) is 6.92 Å². The lowest BCUT2D eigenvalue weighted by Crippen LogP contribution is -1.78. The van der Waals surface area contributed by atoms with E-state index in [1.54, 1.807) is 0 Å². The molecule has 0 bridgehead atoms. The highest BCUT2D eigenvalue weighted by Crippen LogP contribution is 2.29. The van der Waals surface area contributed by atoms with E-state index in [0.29, 0.717) is 0 Å². The van der Waals surface area contributed by atoms with Crippen molar-refractivity contribution in [1.82, 2.24) is 4.98 Å². The Morgan fingerprint density at radius 2 is 2.07 bits per heavy atom. The second kappa shape index (κ2) is 3.79. The molecular formula is C11H9BrClN. The summed E-state index contributed by atoms with van der Waals surface area (Å²) >= 11 is 9.36. The van der Waals surface area contributed by atoms with E-state index >= 15 is 0 Å². The van der Waals surface area contributed by atoms with E-state index in [4.69, 9.17) is 11.6 Å². The first kappa shape index (κ1) is 9.81. The van der Waals surface area contributed by atoms with Crippen LogP contribution in [0.1, 0.15) is 5.56 Å². The SMILES string of the molecule is Cc1c[nH]c(-c2ccc(Cl)cc2Br)c1. The third-order valence-electron chi connectivity index (χ3n) is 2.05. The smallest absolute Gasteiger partial charge is 0.0468 e. The molecule has 0 atom stereocenters. The van der Waals surface area contributed by atoms with Crippen molar-refractivity contribution in [3.05, 3.63) is 45.5 Å². The highest BCUT2D eigenvalue weighted by molar-refractivity contribution is 9.10. The fourth-order valence-electron chi connectivity index (χ4n) is 1.37. The second-order valence-electron chi connectivity index (χ2n) is 3.21. The summed E-state index contributed by atoms with van der Waals surface area (Å²) in [6.07, 6.45) is 1.98. The molecule has 0 aliphatic rings. The maximum atomic E-state index is 5.87. The van der Waals surface area contributed by atoms with Crippen molar-refractivity contribution in [2.75, 3.05) is 0 Å². The lowest BCUT2D eigenvalue weighted by Gasteiger charge is -2.01. The second-order valence-corrected chi connectivity index (χ2v) is 4.51. The number of hydrogen-bond donors (Lipinski definition) is 1. The minimum absolute atomic E-state index is 0.740. The maximum absolute atomic E-state index is 5.87. The summed E-state index contributed by atoms with van der Waals surface area (Å²) in [6.45, 7) is 2.06. The van der Waals surface area contributed by atoms with Crippen molar-refractivity contribution >= 4 is 27.5 Å². The van der Waals surface area contributed by atoms with Gasteiger partial charge in [-0.1, -0.05) is 33.6 Å². The molecule has 0 saturated carbocycles. The van der Waals surface area contributed by atoms with Gasteiger partial charge in [0, 0.05) is 26.9 Å². The zero-order valence-corrected chi connectivity index (χ0v) is 9.98. The third kappa shape index (κ3) is 1.86. The van der Waals surface area contributed by atoms with Gasteiger partial charge in [0.25, 0.3) is 0 Å². The van der Waals surface area contributed by atoms with Crippen LogP contribution in [0.25, 0.3) is 11.3 Å². The highest BCUT2D eigenvalue weighted by atomic mass is 79.9. The van der Waals surface area contributed by atoms with Crippen LogP contribution in [0.3, 0.4) is 0 Å². The molecule has 0 radical (unpaired) electrons. The molecule has 0 unspecified atom stereocenters. The normalized spacial score (nSPS) is 10.5. The Kier molecular flexibility index (Phi) is 2.66. The molecule has 0 amide bonds. The average Bonchev–Trinajstić information content (AvgIpc) is 2.51. The molecule has 0 fully saturated rings. The van der Waals surface area contributed by atoms with Gasteiger partial charge in [0.15, 0.2) is 0 Å². The van der Waals surface area contributed by atoms with Crippen LogP contribution in [0.15, 0.2) is 34.9 Å². The van der Waals surface area contributed by atoms with Gasteiger partial charge >= 0.3 is 0 Å². The number of hydrogen-bond acceptors (Lipinski definition) is 0. The van der Waals surface area contributed by atoms with E-state index in [0.717, 1.165) is 20.8 Å². The Morgan fingerprint density at radius 3 is 2.64 bits per heavy atom. The Balaban J connectivity index is 2.52. The van der Waals surface area contributed by atoms with Gasteiger partial charge in [-0.2, -0.15) is 0 Å². The quantitative estimate of drug-likeness (QED) is 0.790. The van der Waals surface area contributed by atoms with E-state index in [1.165, 1.54) is 5.56 Å². The summed E-state index contributed by atoms with van der Waals surface area (Å²) in [6, 6.07) is 7.89. The topological polar surface area (TPSA) is 15.8 Å². The molecule has 0 aliphatic heterocycles. The Bertz CT molecular complexity index is 462. The number of benzene rings is 1. The number of rotatable bonds is 1. The van der Waals surface area contributed by atoms with Crippen LogP contribution in [0.5, 0.6) is 0 Å². The summed E-state index contributed by atoms with van der Waals surface area (Å²) in [5.74, 6) is 0. The highest BCUT2D eigenvalue weighted by Gasteiger charge is 2.04. The first-order valence-electron chi connectivity index (χ1n) is 4.27. The van der Waals surface area contributed by atoms with E-state index in [1.807, 2.05) is 24.4 Å². The average molecular weight is 271 g/mol. The molecule has 2 rings (SSSR count). The molecule has 1 nitrogen and oxygen atoms in total. The number of aryl methyl sites for hydroxylation is 1. The Labute approximate surface area is 96.2 Å². The van der Waals surface area contributed by atoms with Crippen molar-refractivity contribution < 1.29 is 0 Å². The lowest BCUT2D eigenvalue weighted by atomic mass is 10.1. The molecule has 14 heavy (non-hydrogen) atoms. The van der Waals surface area contributed by atoms with E-state index < -0.39 is 0 Å². The number of aromatic amines is 1. The van der Waals surface area contributed by atoms with Gasteiger partial charge in [-0.3, -0.25) is 0 Å². The molecule has 3 heteroatoms. The molecular weight excluding hydrogens is 261 g/mol. The fraction of sp³-hybridized carbons (Fsp3) is 0.0909. The van der Waals surface area contributed by atoms with Gasteiger partial charge in [-0.05, 0) is 30.7 Å². The van der Waals surface area contributed by atoms with Crippen LogP contribution in [0.4, 0.5) is 0 Å². The minimum atomic E-state index is 0.740. The summed E-state index contributed by atoms with van der Waals surface area (Å²) in [7, 11) is 0. The molecule has 1 aromatic heterocycles. The monoisotopic (exact) mass is 269 g/mol. The van der Waals surface area contributed by atoms with Crippen molar-refractivity contribution in [2.24, 2.45) is 0 Å². The lowest BCUT2D eigenvalue weighted by molar-refractivity contribution is 1.38. The number of H-pyrrole nitrogens is 1. The maximum Gasteiger partial charge on any atom is 0.0468 e. The first-order chi connectivity index (χ1) is 6.66. The van der Waals surface area contributed by atoms with Gasteiger partial charge in [0.1, 0.15) is 0 Å². The predicted octanol–water partition coefficient (Wildman–Crippen LogP) is 4.41. The molecule has 1 heterocycles. The van der Waals surface area contributed by atoms with Crippen molar-refractivity contribution in [2.45, 2.75) is 6.92 Å². The predicted molar refractivity (Wildman–Crippen MR) is 63.7 cm³/mol. The van der Waals surface area contributed by atoms with Gasteiger partial charge in [-0.15, -0.1) is 0 Å². The first-order valence-corrected chi connectivity index (χ1v) is 5.44. The van der Waals surface area contributed by atoms with Gasteiger partial charge in [0.2, 0.25) is 0 Å². The van der Waals surface area contributed by atoms with E-state index in [2.05, 4.69) is 33.9 Å². The number of halogens is 2. The summed E-state index contributed by atoms with van der Waals surface area (Å²) in [5.41, 5.74) is 3.45. The summed E-state index contributed by atoms with van der Waals surface area (Å²) in [4.78, 5) is 3.21. The largest absolute Gasteiger partial charge is 0.361 e. The number of aromatic nitrogens is 1. The molecule has 0 aliphatic carbocycles. The minimum Gasteiger partial charge on any atom is -0.361 e. The van der Waals surface area contributed by atoms with Crippen LogP contribution in [0.2, 0.25) is 5.02 Å². The van der Waals surface area contributed by atoms with E-state index in [9.17, 15) is 0 Å². The van der Waals surface area contributed by atoms with Crippen LogP contribution < -0.4 is 0 Å². The Hall–Kier alpha value is -0.730. The van der Waals surface area contributed by atoms with E-state index in [-0.39, 0.29) is 0 Å². The van der Waals surface area contributed by atoms with Gasteiger partial charge in [0.05, 0.1) is 0 Å². The summed E-state index contributed by atoms with van der Waals surface area (Å²) < 4.78 is 1.01. The molecule has 72 valence electrons. The molecule has 0 spiro atoms. The number of nitrogens with one attached hydrogen (secondary N) is 1. The van der Waals surface area contributed by atoms with Crippen molar-refractivity contribution in [3.8, 4) is 11.3 Å². The molecule has 1 aromatic carbocycles. The molecule has 0 saturated heterocycles. The van der Waals surface area contributed by atoms with Crippen LogP contribution in [-0.4, -0.2) is 4.98 Å². The fourth-order valence-corrected chi connectivity index (χ4v) is 2.26.